The van der Waals surface area contributed by atoms with Crippen LogP contribution in [0.25, 0.3) is 0 Å². The number of hydrogen-bond acceptors (Lipinski definition) is 11. The predicted molar refractivity (Wildman–Crippen MR) is 85.9 cm³/mol. The maximum atomic E-state index is 11.5. The minimum atomic E-state index is -1.54. The smallest absolute Gasteiger partial charge is 0.303 e. The van der Waals surface area contributed by atoms with Gasteiger partial charge in [0, 0.05) is 34.6 Å². The van der Waals surface area contributed by atoms with E-state index in [0.29, 0.717) is 0 Å². The summed E-state index contributed by atoms with van der Waals surface area (Å²) in [6, 6.07) is 0. The standard InChI is InChI=1S/C16H24O11/c1-8(18)23-7-14(25-10(3)20)16(27-12(5)22)15(26-11(4)21)13(6-17)24-9(2)19/h13-17H,6-7H2,1-5H3/t13-,14+,15+,16+/m1/s1. The summed E-state index contributed by atoms with van der Waals surface area (Å²) in [5.74, 6) is -4.03. The average Bonchev–Trinajstić information content (AvgIpc) is 2.51. The number of aliphatic hydroxyl groups is 1. The summed E-state index contributed by atoms with van der Waals surface area (Å²) in [6.45, 7) is 3.95. The highest BCUT2D eigenvalue weighted by atomic mass is 16.6. The van der Waals surface area contributed by atoms with E-state index in [1.165, 1.54) is 0 Å². The SMILES string of the molecule is CC(=O)OC[C@H](OC(C)=O)[C@H](OC(C)=O)[C@@H](OC(C)=O)[C@@H](CO)OC(C)=O. The van der Waals surface area contributed by atoms with Gasteiger partial charge in [0.1, 0.15) is 6.61 Å². The molecule has 0 saturated heterocycles. The van der Waals surface area contributed by atoms with Crippen LogP contribution in [-0.4, -0.2) is 72.6 Å². The fourth-order valence-corrected chi connectivity index (χ4v) is 2.12. The highest BCUT2D eigenvalue weighted by Crippen LogP contribution is 2.20. The van der Waals surface area contributed by atoms with Crippen molar-refractivity contribution in [3.05, 3.63) is 0 Å². The van der Waals surface area contributed by atoms with Crippen LogP contribution in [0.3, 0.4) is 0 Å². The summed E-state index contributed by atoms with van der Waals surface area (Å²) in [5.41, 5.74) is 0. The van der Waals surface area contributed by atoms with E-state index < -0.39 is 67.5 Å². The zero-order chi connectivity index (χ0) is 21.1. The number of ether oxygens (including phenoxy) is 5. The van der Waals surface area contributed by atoms with Gasteiger partial charge in [-0.15, -0.1) is 0 Å². The third-order valence-corrected chi connectivity index (χ3v) is 2.93. The molecule has 0 amide bonds. The van der Waals surface area contributed by atoms with Crippen molar-refractivity contribution in [1.82, 2.24) is 0 Å². The van der Waals surface area contributed by atoms with Crippen molar-refractivity contribution in [1.29, 1.82) is 0 Å². The van der Waals surface area contributed by atoms with Crippen molar-refractivity contribution in [2.75, 3.05) is 13.2 Å². The second-order valence-corrected chi connectivity index (χ2v) is 5.43. The molecule has 0 rings (SSSR count). The number of esters is 5. The van der Waals surface area contributed by atoms with Crippen LogP contribution in [0.15, 0.2) is 0 Å². The van der Waals surface area contributed by atoms with Crippen LogP contribution in [0, 0.1) is 0 Å². The quantitative estimate of drug-likeness (QED) is 0.370. The second kappa shape index (κ2) is 11.8. The zero-order valence-electron chi connectivity index (χ0n) is 15.8. The Hall–Kier alpha value is -2.69. The van der Waals surface area contributed by atoms with Gasteiger partial charge in [-0.3, -0.25) is 24.0 Å². The molecule has 0 fully saturated rings. The lowest BCUT2D eigenvalue weighted by Crippen LogP contribution is -2.54. The molecule has 0 aliphatic carbocycles. The molecule has 0 aromatic heterocycles. The first kappa shape index (κ1) is 24.3. The van der Waals surface area contributed by atoms with E-state index in [2.05, 4.69) is 0 Å². The summed E-state index contributed by atoms with van der Waals surface area (Å²) in [5, 5.41) is 9.52. The Labute approximate surface area is 155 Å². The van der Waals surface area contributed by atoms with E-state index in [4.69, 9.17) is 23.7 Å². The van der Waals surface area contributed by atoms with Crippen LogP contribution in [0.1, 0.15) is 34.6 Å². The van der Waals surface area contributed by atoms with Gasteiger partial charge in [-0.05, 0) is 0 Å². The van der Waals surface area contributed by atoms with E-state index in [-0.39, 0.29) is 0 Å². The van der Waals surface area contributed by atoms with Crippen LogP contribution in [0.2, 0.25) is 0 Å². The number of aliphatic hydroxyl groups excluding tert-OH is 1. The van der Waals surface area contributed by atoms with Crippen molar-refractivity contribution in [2.24, 2.45) is 0 Å². The molecule has 0 aliphatic rings. The fraction of sp³-hybridized carbons (Fsp3) is 0.688. The van der Waals surface area contributed by atoms with Crippen molar-refractivity contribution in [3.8, 4) is 0 Å². The number of carbonyl (C=O) groups is 5. The Bertz CT molecular complexity index is 557. The molecule has 0 unspecified atom stereocenters. The van der Waals surface area contributed by atoms with Gasteiger partial charge in [0.2, 0.25) is 0 Å². The molecule has 0 spiro atoms. The van der Waals surface area contributed by atoms with Crippen LogP contribution in [-0.2, 0) is 47.7 Å². The molecular formula is C16H24O11. The topological polar surface area (TPSA) is 152 Å². The molecule has 0 aromatic carbocycles. The van der Waals surface area contributed by atoms with E-state index in [0.717, 1.165) is 34.6 Å². The summed E-state index contributed by atoms with van der Waals surface area (Å²) in [6.07, 6.45) is -5.92. The maximum Gasteiger partial charge on any atom is 0.303 e. The molecule has 11 nitrogen and oxygen atoms in total. The molecule has 0 aromatic rings. The molecular weight excluding hydrogens is 368 g/mol. The third kappa shape index (κ3) is 10.1. The summed E-state index contributed by atoms with van der Waals surface area (Å²) >= 11 is 0. The fourth-order valence-electron chi connectivity index (χ4n) is 2.12. The van der Waals surface area contributed by atoms with Crippen LogP contribution in [0.4, 0.5) is 0 Å². The minimum absolute atomic E-state index is 0.539. The maximum absolute atomic E-state index is 11.5. The van der Waals surface area contributed by atoms with Gasteiger partial charge < -0.3 is 28.8 Å². The predicted octanol–water partition coefficient (Wildman–Crippen LogP) is -0.731. The third-order valence-electron chi connectivity index (χ3n) is 2.93. The van der Waals surface area contributed by atoms with Gasteiger partial charge in [-0.25, -0.2) is 0 Å². The molecule has 0 bridgehead atoms. The monoisotopic (exact) mass is 392 g/mol. The number of rotatable bonds is 10. The Morgan fingerprint density at radius 2 is 1.00 bits per heavy atom. The van der Waals surface area contributed by atoms with Gasteiger partial charge in [0.15, 0.2) is 24.4 Å². The summed E-state index contributed by atoms with van der Waals surface area (Å²) in [4.78, 5) is 56.8. The van der Waals surface area contributed by atoms with Crippen molar-refractivity contribution in [3.63, 3.8) is 0 Å². The lowest BCUT2D eigenvalue weighted by atomic mass is 10.0. The van der Waals surface area contributed by atoms with Gasteiger partial charge in [-0.1, -0.05) is 0 Å². The summed E-state index contributed by atoms with van der Waals surface area (Å²) in [7, 11) is 0. The molecule has 4 atom stereocenters. The first-order valence-electron chi connectivity index (χ1n) is 7.91. The molecule has 1 N–H and O–H groups in total. The van der Waals surface area contributed by atoms with Crippen LogP contribution >= 0.6 is 0 Å². The minimum Gasteiger partial charge on any atom is -0.462 e. The average molecular weight is 392 g/mol. The number of hydrogen-bond donors (Lipinski definition) is 1. The largest absolute Gasteiger partial charge is 0.462 e. The highest BCUT2D eigenvalue weighted by Gasteiger charge is 2.43. The van der Waals surface area contributed by atoms with Crippen molar-refractivity contribution < 1.29 is 52.8 Å². The number of carbonyl (C=O) groups excluding carboxylic acids is 5. The Balaban J connectivity index is 5.96. The Kier molecular flexibility index (Phi) is 10.7. The Morgan fingerprint density at radius 1 is 0.630 bits per heavy atom. The lowest BCUT2D eigenvalue weighted by molar-refractivity contribution is -0.205. The summed E-state index contributed by atoms with van der Waals surface area (Å²) < 4.78 is 24.9. The molecule has 0 aliphatic heterocycles. The molecule has 0 heterocycles. The first-order valence-corrected chi connectivity index (χ1v) is 7.91. The van der Waals surface area contributed by atoms with Crippen LogP contribution < -0.4 is 0 Å². The van der Waals surface area contributed by atoms with E-state index in [1.807, 2.05) is 0 Å². The van der Waals surface area contributed by atoms with E-state index in [9.17, 15) is 29.1 Å². The Morgan fingerprint density at radius 3 is 1.33 bits per heavy atom. The molecule has 27 heavy (non-hydrogen) atoms. The molecule has 154 valence electrons. The lowest BCUT2D eigenvalue weighted by Gasteiger charge is -2.34. The van der Waals surface area contributed by atoms with E-state index in [1.54, 1.807) is 0 Å². The van der Waals surface area contributed by atoms with E-state index >= 15 is 0 Å². The second-order valence-electron chi connectivity index (χ2n) is 5.43. The van der Waals surface area contributed by atoms with Gasteiger partial charge in [0.05, 0.1) is 6.61 Å². The van der Waals surface area contributed by atoms with Crippen molar-refractivity contribution in [2.45, 2.75) is 59.0 Å². The highest BCUT2D eigenvalue weighted by molar-refractivity contribution is 5.69. The normalized spacial score (nSPS) is 14.7. The van der Waals surface area contributed by atoms with Crippen molar-refractivity contribution >= 4 is 29.8 Å². The van der Waals surface area contributed by atoms with Crippen LogP contribution in [0.5, 0.6) is 0 Å². The zero-order valence-corrected chi connectivity index (χ0v) is 15.8. The molecule has 11 heteroatoms. The molecule has 0 saturated carbocycles. The van der Waals surface area contributed by atoms with Gasteiger partial charge in [0.25, 0.3) is 0 Å². The van der Waals surface area contributed by atoms with Gasteiger partial charge in [-0.2, -0.15) is 0 Å². The van der Waals surface area contributed by atoms with Gasteiger partial charge >= 0.3 is 29.8 Å². The molecule has 0 radical (unpaired) electrons. The first-order chi connectivity index (χ1) is 12.5.